The van der Waals surface area contributed by atoms with E-state index in [1.807, 2.05) is 13.8 Å². The van der Waals surface area contributed by atoms with Gasteiger partial charge in [-0.1, -0.05) is 6.07 Å². The first-order valence-electron chi connectivity index (χ1n) is 6.67. The molecule has 1 aromatic heterocycles. The second-order valence-electron chi connectivity index (χ2n) is 5.09. The van der Waals surface area contributed by atoms with E-state index in [1.54, 1.807) is 31.2 Å². The number of amides is 1. The number of thiophene rings is 1. The molecule has 0 saturated carbocycles. The lowest BCUT2D eigenvalue weighted by Gasteiger charge is -2.11. The molecule has 0 bridgehead atoms. The fraction of sp³-hybridized carbons (Fsp3) is 0.267. The van der Waals surface area contributed by atoms with Gasteiger partial charge in [-0.3, -0.25) is 9.52 Å². The van der Waals surface area contributed by atoms with Gasteiger partial charge in [-0.15, -0.1) is 11.3 Å². The molecule has 0 unspecified atom stereocenters. The van der Waals surface area contributed by atoms with E-state index < -0.39 is 10.0 Å². The van der Waals surface area contributed by atoms with Crippen LogP contribution in [0.15, 0.2) is 29.2 Å². The molecular formula is C15H18N2O3S2. The highest BCUT2D eigenvalue weighted by Crippen LogP contribution is 2.28. The Hall–Kier alpha value is -1.86. The van der Waals surface area contributed by atoms with Crippen molar-refractivity contribution < 1.29 is 13.2 Å². The number of rotatable bonds is 4. The van der Waals surface area contributed by atoms with E-state index in [4.69, 9.17) is 0 Å². The van der Waals surface area contributed by atoms with Crippen molar-refractivity contribution in [3.8, 4) is 0 Å². The van der Waals surface area contributed by atoms with E-state index in [0.717, 1.165) is 15.3 Å². The molecule has 1 amide bonds. The monoisotopic (exact) mass is 338 g/mol. The molecule has 2 N–H and O–H groups in total. The highest BCUT2D eigenvalue weighted by atomic mass is 32.2. The van der Waals surface area contributed by atoms with Gasteiger partial charge >= 0.3 is 0 Å². The van der Waals surface area contributed by atoms with Gasteiger partial charge in [0.15, 0.2) is 0 Å². The molecule has 0 radical (unpaired) electrons. The molecule has 2 aromatic rings. The Morgan fingerprint density at radius 2 is 1.82 bits per heavy atom. The number of nitrogens with one attached hydrogen (secondary N) is 2. The lowest BCUT2D eigenvalue weighted by atomic mass is 10.2. The van der Waals surface area contributed by atoms with Gasteiger partial charge in [-0.25, -0.2) is 8.42 Å². The van der Waals surface area contributed by atoms with E-state index in [9.17, 15) is 13.2 Å². The van der Waals surface area contributed by atoms with E-state index in [2.05, 4.69) is 10.0 Å². The molecule has 22 heavy (non-hydrogen) atoms. The molecule has 7 heteroatoms. The van der Waals surface area contributed by atoms with Crippen molar-refractivity contribution in [3.63, 3.8) is 0 Å². The average molecular weight is 338 g/mol. The molecule has 0 atom stereocenters. The predicted molar refractivity (Wildman–Crippen MR) is 90.1 cm³/mol. The first kappa shape index (κ1) is 16.5. The lowest BCUT2D eigenvalue weighted by Crippen LogP contribution is -2.14. The summed E-state index contributed by atoms with van der Waals surface area (Å²) in [6.07, 6.45) is 0. The average Bonchev–Trinajstić information content (AvgIpc) is 2.72. The van der Waals surface area contributed by atoms with E-state index in [1.165, 1.54) is 18.3 Å². The zero-order valence-corrected chi connectivity index (χ0v) is 14.5. The van der Waals surface area contributed by atoms with Gasteiger partial charge in [-0.05, 0) is 44.5 Å². The normalized spacial score (nSPS) is 11.3. The van der Waals surface area contributed by atoms with E-state index in [0.29, 0.717) is 11.4 Å². The van der Waals surface area contributed by atoms with Crippen LogP contribution in [-0.4, -0.2) is 14.3 Å². The third kappa shape index (κ3) is 3.66. The summed E-state index contributed by atoms with van der Waals surface area (Å²) < 4.78 is 27.5. The Morgan fingerprint density at radius 1 is 1.14 bits per heavy atom. The summed E-state index contributed by atoms with van der Waals surface area (Å²) in [5.74, 6) is -0.201. The Labute approximate surface area is 134 Å². The standard InChI is InChI=1S/C15H18N2O3S2/c1-9-5-6-13(8-14(9)16-12(4)18)17-22(19,20)15-7-10(2)21-11(15)3/h5-8,17H,1-4H3,(H,16,18). The smallest absolute Gasteiger partial charge is 0.263 e. The van der Waals surface area contributed by atoms with Crippen LogP contribution >= 0.6 is 11.3 Å². The van der Waals surface area contributed by atoms with E-state index >= 15 is 0 Å². The van der Waals surface area contributed by atoms with Crippen molar-refractivity contribution >= 4 is 38.6 Å². The van der Waals surface area contributed by atoms with Crippen LogP contribution in [0, 0.1) is 20.8 Å². The van der Waals surface area contributed by atoms with Crippen molar-refractivity contribution in [1.29, 1.82) is 0 Å². The minimum absolute atomic E-state index is 0.201. The van der Waals surface area contributed by atoms with Gasteiger partial charge in [0.05, 0.1) is 5.69 Å². The molecule has 0 aliphatic heterocycles. The molecule has 118 valence electrons. The van der Waals surface area contributed by atoms with Crippen LogP contribution < -0.4 is 10.0 Å². The Kier molecular flexibility index (Phi) is 4.58. The van der Waals surface area contributed by atoms with Crippen molar-refractivity contribution in [2.24, 2.45) is 0 Å². The lowest BCUT2D eigenvalue weighted by molar-refractivity contribution is -0.114. The largest absolute Gasteiger partial charge is 0.326 e. The van der Waals surface area contributed by atoms with Gasteiger partial charge < -0.3 is 5.32 Å². The van der Waals surface area contributed by atoms with Gasteiger partial charge in [0, 0.05) is 22.4 Å². The molecule has 1 heterocycles. The summed E-state index contributed by atoms with van der Waals surface area (Å²) >= 11 is 1.44. The summed E-state index contributed by atoms with van der Waals surface area (Å²) in [7, 11) is -3.63. The molecule has 1 aromatic carbocycles. The number of carbonyl (C=O) groups is 1. The van der Waals surface area contributed by atoms with Crippen molar-refractivity contribution in [3.05, 3.63) is 39.6 Å². The maximum atomic E-state index is 12.5. The van der Waals surface area contributed by atoms with Crippen LogP contribution in [0.2, 0.25) is 0 Å². The number of carbonyl (C=O) groups excluding carboxylic acids is 1. The summed E-state index contributed by atoms with van der Waals surface area (Å²) in [4.78, 5) is 13.2. The Balaban J connectivity index is 2.34. The van der Waals surface area contributed by atoms with E-state index in [-0.39, 0.29) is 10.8 Å². The highest BCUT2D eigenvalue weighted by molar-refractivity contribution is 7.93. The van der Waals surface area contributed by atoms with Crippen LogP contribution in [0.1, 0.15) is 22.2 Å². The maximum Gasteiger partial charge on any atom is 0.263 e. The first-order chi connectivity index (χ1) is 10.2. The third-order valence-corrected chi connectivity index (χ3v) is 5.69. The topological polar surface area (TPSA) is 75.3 Å². The Bertz CT molecular complexity index is 823. The minimum Gasteiger partial charge on any atom is -0.326 e. The van der Waals surface area contributed by atoms with Gasteiger partial charge in [0.1, 0.15) is 4.90 Å². The molecule has 0 aliphatic rings. The molecule has 0 aliphatic carbocycles. The Morgan fingerprint density at radius 3 is 2.36 bits per heavy atom. The zero-order chi connectivity index (χ0) is 16.5. The molecule has 5 nitrogen and oxygen atoms in total. The summed E-state index contributed by atoms with van der Waals surface area (Å²) in [5, 5.41) is 2.68. The fourth-order valence-electron chi connectivity index (χ4n) is 2.09. The third-order valence-electron chi connectivity index (χ3n) is 3.09. The molecule has 2 rings (SSSR count). The number of hydrogen-bond donors (Lipinski definition) is 2. The second-order valence-corrected chi connectivity index (χ2v) is 8.21. The predicted octanol–water partition coefficient (Wildman–Crippen LogP) is 3.43. The number of sulfonamides is 1. The minimum atomic E-state index is -3.63. The SMILES string of the molecule is CC(=O)Nc1cc(NS(=O)(=O)c2cc(C)sc2C)ccc1C. The maximum absolute atomic E-state index is 12.5. The van der Waals surface area contributed by atoms with Crippen LogP contribution in [0.5, 0.6) is 0 Å². The molecule has 0 fully saturated rings. The van der Waals surface area contributed by atoms with Gasteiger partial charge in [0.25, 0.3) is 10.0 Å². The van der Waals surface area contributed by atoms with Crippen LogP contribution in [0.25, 0.3) is 0 Å². The molecule has 0 saturated heterocycles. The number of aryl methyl sites for hydroxylation is 3. The summed E-state index contributed by atoms with van der Waals surface area (Å²) in [5.41, 5.74) is 1.87. The van der Waals surface area contributed by atoms with Crippen LogP contribution in [0.4, 0.5) is 11.4 Å². The van der Waals surface area contributed by atoms with Crippen LogP contribution in [0.3, 0.4) is 0 Å². The summed E-state index contributed by atoms with van der Waals surface area (Å²) in [6, 6.07) is 6.70. The van der Waals surface area contributed by atoms with Crippen LogP contribution in [-0.2, 0) is 14.8 Å². The van der Waals surface area contributed by atoms with Gasteiger partial charge in [0.2, 0.25) is 5.91 Å². The van der Waals surface area contributed by atoms with Crippen molar-refractivity contribution in [2.45, 2.75) is 32.6 Å². The number of hydrogen-bond acceptors (Lipinski definition) is 4. The highest BCUT2D eigenvalue weighted by Gasteiger charge is 2.19. The zero-order valence-electron chi connectivity index (χ0n) is 12.9. The molecular weight excluding hydrogens is 320 g/mol. The quantitative estimate of drug-likeness (QED) is 0.897. The number of anilines is 2. The second kappa shape index (κ2) is 6.10. The molecule has 0 spiro atoms. The van der Waals surface area contributed by atoms with Gasteiger partial charge in [-0.2, -0.15) is 0 Å². The number of benzene rings is 1. The van der Waals surface area contributed by atoms with Crippen molar-refractivity contribution in [1.82, 2.24) is 0 Å². The van der Waals surface area contributed by atoms with Crippen molar-refractivity contribution in [2.75, 3.05) is 10.0 Å². The fourth-order valence-corrected chi connectivity index (χ4v) is 4.70. The first-order valence-corrected chi connectivity index (χ1v) is 8.97. The summed E-state index contributed by atoms with van der Waals surface area (Å²) in [6.45, 7) is 6.91.